The standard InChI is InChI=1S/C16H25N3O4S/c1-18-14(16(21)17-10-7-11-19(2,3)4)15(20)12-8-5-6-9-13(12)24(18,22)23/h5-6,8-9,14-15,20H,7,10-11H2,1-4H3/p+1. The quantitative estimate of drug-likeness (QED) is 0.571. The Morgan fingerprint density at radius 3 is 2.54 bits per heavy atom. The van der Waals surface area contributed by atoms with Gasteiger partial charge in [-0.25, -0.2) is 8.42 Å². The largest absolute Gasteiger partial charge is 0.386 e. The molecule has 0 radical (unpaired) electrons. The van der Waals surface area contributed by atoms with E-state index in [1.807, 2.05) is 0 Å². The van der Waals surface area contributed by atoms with Crippen molar-refractivity contribution in [1.82, 2.24) is 9.62 Å². The lowest BCUT2D eigenvalue weighted by Gasteiger charge is -2.36. The summed E-state index contributed by atoms with van der Waals surface area (Å²) in [5.74, 6) is -0.482. The van der Waals surface area contributed by atoms with Crippen LogP contribution in [-0.4, -0.2) is 75.5 Å². The number of aliphatic hydroxyl groups is 1. The molecule has 1 aromatic rings. The van der Waals surface area contributed by atoms with E-state index in [0.29, 0.717) is 6.54 Å². The second-order valence-electron chi connectivity index (χ2n) is 7.11. The molecule has 2 N–H and O–H groups in total. The van der Waals surface area contributed by atoms with Crippen LogP contribution in [0.15, 0.2) is 29.2 Å². The summed E-state index contributed by atoms with van der Waals surface area (Å²) >= 11 is 0. The number of amides is 1. The van der Waals surface area contributed by atoms with E-state index < -0.39 is 28.1 Å². The molecule has 0 bridgehead atoms. The van der Waals surface area contributed by atoms with Crippen LogP contribution in [0.3, 0.4) is 0 Å². The molecule has 1 aliphatic heterocycles. The smallest absolute Gasteiger partial charge is 0.244 e. The minimum Gasteiger partial charge on any atom is -0.386 e. The van der Waals surface area contributed by atoms with Crippen LogP contribution in [0.25, 0.3) is 0 Å². The summed E-state index contributed by atoms with van der Waals surface area (Å²) in [6.07, 6.45) is -0.418. The fourth-order valence-corrected chi connectivity index (χ4v) is 4.37. The summed E-state index contributed by atoms with van der Waals surface area (Å²) in [6.45, 7) is 1.32. The van der Waals surface area contributed by atoms with Crippen LogP contribution in [0.1, 0.15) is 18.1 Å². The summed E-state index contributed by atoms with van der Waals surface area (Å²) in [4.78, 5) is 12.5. The number of quaternary nitrogens is 1. The molecule has 0 spiro atoms. The fraction of sp³-hybridized carbons (Fsp3) is 0.562. The van der Waals surface area contributed by atoms with Crippen LogP contribution in [0.5, 0.6) is 0 Å². The molecule has 8 heteroatoms. The van der Waals surface area contributed by atoms with Gasteiger partial charge >= 0.3 is 0 Å². The Bertz CT molecular complexity index is 712. The van der Waals surface area contributed by atoms with Crippen molar-refractivity contribution in [3.05, 3.63) is 29.8 Å². The zero-order chi connectivity index (χ0) is 18.1. The third-order valence-electron chi connectivity index (χ3n) is 4.16. The Morgan fingerprint density at radius 2 is 1.92 bits per heavy atom. The summed E-state index contributed by atoms with van der Waals surface area (Å²) in [5, 5.41) is 13.2. The Kier molecular flexibility index (Phi) is 5.34. The SMILES string of the molecule is CN1C(C(=O)NCCC[N+](C)(C)C)C(O)c2ccccc2S1(=O)=O. The molecule has 134 valence electrons. The third-order valence-corrected chi connectivity index (χ3v) is 6.07. The first-order valence-corrected chi connectivity index (χ1v) is 9.33. The van der Waals surface area contributed by atoms with Crippen molar-refractivity contribution in [2.24, 2.45) is 0 Å². The van der Waals surface area contributed by atoms with Crippen molar-refractivity contribution in [2.45, 2.75) is 23.5 Å². The fourth-order valence-electron chi connectivity index (χ4n) is 2.81. The lowest BCUT2D eigenvalue weighted by atomic mass is 10.0. The van der Waals surface area contributed by atoms with Crippen molar-refractivity contribution in [2.75, 3.05) is 41.3 Å². The molecule has 1 heterocycles. The Morgan fingerprint density at radius 1 is 1.29 bits per heavy atom. The highest BCUT2D eigenvalue weighted by molar-refractivity contribution is 7.89. The molecule has 1 amide bonds. The van der Waals surface area contributed by atoms with E-state index in [-0.39, 0.29) is 10.5 Å². The number of carbonyl (C=O) groups is 1. The molecular formula is C16H26N3O4S+. The van der Waals surface area contributed by atoms with Crippen LogP contribution in [0.2, 0.25) is 0 Å². The Balaban J connectivity index is 2.15. The van der Waals surface area contributed by atoms with Gasteiger partial charge in [-0.3, -0.25) is 4.79 Å². The lowest BCUT2D eigenvalue weighted by Crippen LogP contribution is -2.54. The van der Waals surface area contributed by atoms with Crippen molar-refractivity contribution in [1.29, 1.82) is 0 Å². The molecule has 0 saturated carbocycles. The number of nitrogens with one attached hydrogen (secondary N) is 1. The van der Waals surface area contributed by atoms with E-state index in [2.05, 4.69) is 26.5 Å². The highest BCUT2D eigenvalue weighted by Gasteiger charge is 2.45. The molecule has 0 aromatic heterocycles. The Hall–Kier alpha value is -1.48. The van der Waals surface area contributed by atoms with Gasteiger partial charge in [0.1, 0.15) is 12.1 Å². The molecular weight excluding hydrogens is 330 g/mol. The van der Waals surface area contributed by atoms with E-state index in [0.717, 1.165) is 21.8 Å². The number of hydrogen-bond acceptors (Lipinski definition) is 4. The van der Waals surface area contributed by atoms with Gasteiger partial charge in [0.25, 0.3) is 0 Å². The first-order valence-electron chi connectivity index (χ1n) is 7.89. The van der Waals surface area contributed by atoms with Crippen LogP contribution < -0.4 is 5.32 Å². The van der Waals surface area contributed by atoms with Gasteiger partial charge in [0.2, 0.25) is 15.9 Å². The third kappa shape index (κ3) is 3.77. The van der Waals surface area contributed by atoms with Crippen molar-refractivity contribution in [3.8, 4) is 0 Å². The van der Waals surface area contributed by atoms with Gasteiger partial charge in [-0.05, 0) is 6.07 Å². The number of aliphatic hydroxyl groups excluding tert-OH is 1. The number of rotatable bonds is 5. The predicted molar refractivity (Wildman–Crippen MR) is 90.7 cm³/mol. The molecule has 0 fully saturated rings. The molecule has 1 aromatic carbocycles. The zero-order valence-electron chi connectivity index (χ0n) is 14.6. The van der Waals surface area contributed by atoms with Crippen LogP contribution >= 0.6 is 0 Å². The van der Waals surface area contributed by atoms with E-state index >= 15 is 0 Å². The van der Waals surface area contributed by atoms with Gasteiger partial charge in [0, 0.05) is 25.6 Å². The number of benzene rings is 1. The summed E-state index contributed by atoms with van der Waals surface area (Å²) < 4.78 is 26.9. The van der Waals surface area contributed by atoms with Gasteiger partial charge < -0.3 is 14.9 Å². The lowest BCUT2D eigenvalue weighted by molar-refractivity contribution is -0.870. The Labute approximate surface area is 143 Å². The highest BCUT2D eigenvalue weighted by atomic mass is 32.2. The molecule has 2 rings (SSSR count). The number of hydrogen-bond donors (Lipinski definition) is 2. The number of fused-ring (bicyclic) bond motifs is 1. The van der Waals surface area contributed by atoms with Crippen molar-refractivity contribution < 1.29 is 22.8 Å². The van der Waals surface area contributed by atoms with Crippen LogP contribution in [-0.2, 0) is 14.8 Å². The minimum atomic E-state index is -3.79. The molecule has 0 saturated heterocycles. The van der Waals surface area contributed by atoms with Crippen molar-refractivity contribution >= 4 is 15.9 Å². The van der Waals surface area contributed by atoms with E-state index in [4.69, 9.17) is 0 Å². The van der Waals surface area contributed by atoms with Crippen LogP contribution in [0.4, 0.5) is 0 Å². The first kappa shape index (κ1) is 18.9. The minimum absolute atomic E-state index is 0.0501. The second-order valence-corrected chi connectivity index (χ2v) is 9.07. The van der Waals surface area contributed by atoms with E-state index in [1.54, 1.807) is 18.2 Å². The van der Waals surface area contributed by atoms with Crippen molar-refractivity contribution in [3.63, 3.8) is 0 Å². The molecule has 0 aliphatic carbocycles. The summed E-state index contributed by atoms with van der Waals surface area (Å²) in [6, 6.07) is 5.08. The van der Waals surface area contributed by atoms with Crippen LogP contribution in [0, 0.1) is 0 Å². The summed E-state index contributed by atoms with van der Waals surface area (Å²) in [7, 11) is 3.71. The predicted octanol–water partition coefficient (Wildman–Crippen LogP) is -0.0648. The molecule has 2 atom stereocenters. The van der Waals surface area contributed by atoms with Gasteiger partial charge in [-0.1, -0.05) is 18.2 Å². The van der Waals surface area contributed by atoms with E-state index in [9.17, 15) is 18.3 Å². The first-order chi connectivity index (χ1) is 11.1. The summed E-state index contributed by atoms with van der Waals surface area (Å²) in [5.41, 5.74) is 0.266. The molecule has 1 aliphatic rings. The molecule has 2 unspecified atom stereocenters. The average molecular weight is 356 g/mol. The monoisotopic (exact) mass is 356 g/mol. The van der Waals surface area contributed by atoms with Gasteiger partial charge in [-0.15, -0.1) is 0 Å². The highest BCUT2D eigenvalue weighted by Crippen LogP contribution is 2.35. The van der Waals surface area contributed by atoms with Gasteiger partial charge in [-0.2, -0.15) is 4.31 Å². The molecule has 24 heavy (non-hydrogen) atoms. The zero-order valence-corrected chi connectivity index (χ0v) is 15.4. The number of nitrogens with zero attached hydrogens (tertiary/aromatic N) is 2. The maximum absolute atomic E-state index is 12.6. The average Bonchev–Trinajstić information content (AvgIpc) is 2.49. The van der Waals surface area contributed by atoms with E-state index in [1.165, 1.54) is 13.1 Å². The topological polar surface area (TPSA) is 86.7 Å². The maximum atomic E-state index is 12.6. The number of carbonyl (C=O) groups excluding carboxylic acids is 1. The molecule has 7 nitrogen and oxygen atoms in total. The normalized spacial score (nSPS) is 23.5. The van der Waals surface area contributed by atoms with Gasteiger partial charge in [0.05, 0.1) is 32.6 Å². The van der Waals surface area contributed by atoms with Gasteiger partial charge in [0.15, 0.2) is 0 Å². The maximum Gasteiger partial charge on any atom is 0.244 e. The second kappa shape index (κ2) is 6.79. The number of sulfonamides is 1. The number of likely N-dealkylation sites (N-methyl/N-ethyl adjacent to an activating group) is 1.